The molecule has 0 aliphatic carbocycles. The van der Waals surface area contributed by atoms with Crippen LogP contribution in [0.5, 0.6) is 0 Å². The van der Waals surface area contributed by atoms with Crippen molar-refractivity contribution in [3.63, 3.8) is 0 Å². The van der Waals surface area contributed by atoms with Crippen LogP contribution in [0.1, 0.15) is 19.8 Å². The van der Waals surface area contributed by atoms with Gasteiger partial charge in [0.25, 0.3) is 5.91 Å². The first kappa shape index (κ1) is 17.5. The Morgan fingerprint density at radius 1 is 1.32 bits per heavy atom. The summed E-state index contributed by atoms with van der Waals surface area (Å²) in [6.07, 6.45) is 4.29. The van der Waals surface area contributed by atoms with Crippen LogP contribution >= 0.6 is 0 Å². The topological polar surface area (TPSA) is 58.6 Å². The van der Waals surface area contributed by atoms with E-state index in [0.717, 1.165) is 12.1 Å². The van der Waals surface area contributed by atoms with E-state index in [0.29, 0.717) is 18.5 Å². The number of anilines is 1. The van der Waals surface area contributed by atoms with Crippen molar-refractivity contribution in [2.24, 2.45) is 0 Å². The molecule has 0 spiro atoms. The third-order valence-corrected chi connectivity index (χ3v) is 2.89. The van der Waals surface area contributed by atoms with Crippen molar-refractivity contribution in [2.75, 3.05) is 19.0 Å². The van der Waals surface area contributed by atoms with E-state index in [1.807, 2.05) is 37.3 Å². The van der Waals surface area contributed by atoms with Gasteiger partial charge in [-0.2, -0.15) is 0 Å². The fraction of sp³-hybridized carbons (Fsp3) is 0.294. The van der Waals surface area contributed by atoms with Crippen LogP contribution in [0.25, 0.3) is 0 Å². The third-order valence-electron chi connectivity index (χ3n) is 2.89. The molecule has 22 heavy (non-hydrogen) atoms. The zero-order chi connectivity index (χ0) is 16.4. The molecule has 2 amide bonds. The number of nitrogens with zero attached hydrogens (tertiary/aromatic N) is 1. The number of methoxy groups -OCH3 is 1. The highest BCUT2D eigenvalue weighted by molar-refractivity contribution is 6.03. The van der Waals surface area contributed by atoms with Gasteiger partial charge < -0.3 is 10.1 Å². The maximum absolute atomic E-state index is 12.1. The van der Waals surface area contributed by atoms with Crippen LogP contribution in [-0.2, 0) is 9.53 Å². The number of ether oxygens (including phenoxy) is 1. The summed E-state index contributed by atoms with van der Waals surface area (Å²) >= 11 is 0. The van der Waals surface area contributed by atoms with Gasteiger partial charge in [-0.1, -0.05) is 24.3 Å². The second-order valence-electron chi connectivity index (χ2n) is 4.65. The highest BCUT2D eigenvalue weighted by atomic mass is 16.5. The van der Waals surface area contributed by atoms with E-state index in [2.05, 4.69) is 16.6 Å². The predicted molar refractivity (Wildman–Crippen MR) is 87.4 cm³/mol. The van der Waals surface area contributed by atoms with E-state index in [4.69, 9.17) is 0 Å². The molecule has 0 fully saturated rings. The van der Waals surface area contributed by atoms with Gasteiger partial charge >= 0.3 is 6.09 Å². The first-order valence-corrected chi connectivity index (χ1v) is 7.11. The lowest BCUT2D eigenvalue weighted by Gasteiger charge is -2.23. The van der Waals surface area contributed by atoms with Gasteiger partial charge in [0.15, 0.2) is 0 Å². The van der Waals surface area contributed by atoms with E-state index >= 15 is 0 Å². The highest BCUT2D eigenvalue weighted by Gasteiger charge is 2.20. The number of benzene rings is 1. The molecule has 1 N–H and O–H groups in total. The van der Waals surface area contributed by atoms with E-state index < -0.39 is 6.09 Å². The summed E-state index contributed by atoms with van der Waals surface area (Å²) in [6.45, 7) is 5.83. The molecule has 1 aromatic carbocycles. The zero-order valence-electron chi connectivity index (χ0n) is 13.0. The Hall–Kier alpha value is -2.56. The molecular weight excluding hydrogens is 280 g/mol. The van der Waals surface area contributed by atoms with E-state index in [1.165, 1.54) is 12.0 Å². The molecule has 1 aliphatic rings. The first-order chi connectivity index (χ1) is 10.6. The maximum atomic E-state index is 12.1. The van der Waals surface area contributed by atoms with Crippen molar-refractivity contribution in [3.8, 4) is 0 Å². The second-order valence-corrected chi connectivity index (χ2v) is 4.65. The molecule has 5 nitrogen and oxygen atoms in total. The Labute approximate surface area is 131 Å². The van der Waals surface area contributed by atoms with Crippen LogP contribution in [0.2, 0.25) is 0 Å². The monoisotopic (exact) mass is 302 g/mol. The second kappa shape index (κ2) is 9.39. The molecule has 0 bridgehead atoms. The summed E-state index contributed by atoms with van der Waals surface area (Å²) in [5.41, 5.74) is 1.32. The summed E-state index contributed by atoms with van der Waals surface area (Å²) in [7, 11) is 1.33. The molecule has 0 saturated carbocycles. The lowest BCUT2D eigenvalue weighted by Crippen LogP contribution is -2.31. The van der Waals surface area contributed by atoms with Gasteiger partial charge in [0, 0.05) is 24.0 Å². The minimum Gasteiger partial charge on any atom is -0.452 e. The Morgan fingerprint density at radius 3 is 2.55 bits per heavy atom. The molecule has 118 valence electrons. The summed E-state index contributed by atoms with van der Waals surface area (Å²) in [6, 6.07) is 9.23. The van der Waals surface area contributed by atoms with Crippen LogP contribution < -0.4 is 5.32 Å². The molecule has 0 saturated heterocycles. The number of amides is 2. The molecule has 0 radical (unpaired) electrons. The summed E-state index contributed by atoms with van der Waals surface area (Å²) in [5.74, 6) is -0.181. The number of carbonyl (C=O) groups excluding carboxylic acids is 2. The summed E-state index contributed by atoms with van der Waals surface area (Å²) in [5, 5.41) is 2.80. The Balaban J connectivity index is 0.000000745. The number of nitrogens with one attached hydrogen (secondary N) is 1. The van der Waals surface area contributed by atoms with Crippen LogP contribution in [0.3, 0.4) is 0 Å². The van der Waals surface area contributed by atoms with Crippen LogP contribution in [-0.4, -0.2) is 30.6 Å². The van der Waals surface area contributed by atoms with Gasteiger partial charge in [0.1, 0.15) is 0 Å². The Morgan fingerprint density at radius 2 is 1.95 bits per heavy atom. The Kier molecular flexibility index (Phi) is 7.47. The largest absolute Gasteiger partial charge is 0.452 e. The van der Waals surface area contributed by atoms with Crippen molar-refractivity contribution in [3.05, 3.63) is 54.8 Å². The molecule has 0 aromatic heterocycles. The fourth-order valence-corrected chi connectivity index (χ4v) is 1.92. The lowest BCUT2D eigenvalue weighted by molar-refractivity contribution is -0.113. The number of rotatable bonds is 2. The quantitative estimate of drug-likeness (QED) is 0.850. The smallest absolute Gasteiger partial charge is 0.413 e. The van der Waals surface area contributed by atoms with Crippen molar-refractivity contribution in [1.29, 1.82) is 0 Å². The van der Waals surface area contributed by atoms with Crippen LogP contribution in [0, 0.1) is 0 Å². The maximum Gasteiger partial charge on any atom is 0.413 e. The molecule has 0 atom stereocenters. The molecular formula is C17H22N2O3. The lowest BCUT2D eigenvalue weighted by atomic mass is 10.1. The van der Waals surface area contributed by atoms with E-state index in [1.54, 1.807) is 12.3 Å². The molecule has 1 aromatic rings. The number of allylic oxidation sites excluding steroid dienone is 1. The standard InChI is InChI=1S/C14H16N2O3.C3H6/c1-19-14(18)16-9-5-6-11(10-16)13(17)15-12-7-3-2-4-8-12;1-3-2/h2-4,7-8,10H,5-6,9H2,1H3,(H,15,17);3H,1H2,2H3. The number of carbonyl (C=O) groups is 2. The van der Waals surface area contributed by atoms with Gasteiger partial charge in [-0.15, -0.1) is 6.58 Å². The van der Waals surface area contributed by atoms with E-state index in [-0.39, 0.29) is 5.91 Å². The van der Waals surface area contributed by atoms with Crippen molar-refractivity contribution < 1.29 is 14.3 Å². The van der Waals surface area contributed by atoms with Gasteiger partial charge in [-0.25, -0.2) is 4.79 Å². The van der Waals surface area contributed by atoms with Crippen LogP contribution in [0.4, 0.5) is 10.5 Å². The molecule has 5 heteroatoms. The zero-order valence-corrected chi connectivity index (χ0v) is 13.0. The molecule has 0 unspecified atom stereocenters. The normalized spacial score (nSPS) is 13.2. The first-order valence-electron chi connectivity index (χ1n) is 7.11. The third kappa shape index (κ3) is 5.44. The summed E-state index contributed by atoms with van der Waals surface area (Å²) in [4.78, 5) is 24.9. The van der Waals surface area contributed by atoms with Crippen molar-refractivity contribution in [1.82, 2.24) is 4.90 Å². The van der Waals surface area contributed by atoms with Gasteiger partial charge in [-0.05, 0) is 31.9 Å². The summed E-state index contributed by atoms with van der Waals surface area (Å²) < 4.78 is 4.65. The average Bonchev–Trinajstić information content (AvgIpc) is 2.56. The van der Waals surface area contributed by atoms with Crippen LogP contribution in [0.15, 0.2) is 54.8 Å². The molecule has 2 rings (SSSR count). The van der Waals surface area contributed by atoms with Gasteiger partial charge in [0.2, 0.25) is 0 Å². The average molecular weight is 302 g/mol. The molecule has 1 aliphatic heterocycles. The van der Waals surface area contributed by atoms with E-state index in [9.17, 15) is 9.59 Å². The number of hydrogen-bond donors (Lipinski definition) is 1. The predicted octanol–water partition coefficient (Wildman–Crippen LogP) is 3.56. The number of para-hydroxylation sites is 1. The minimum atomic E-state index is -0.440. The van der Waals surface area contributed by atoms with Crippen molar-refractivity contribution >= 4 is 17.7 Å². The van der Waals surface area contributed by atoms with Gasteiger partial charge in [-0.3, -0.25) is 9.69 Å². The number of hydrogen-bond acceptors (Lipinski definition) is 3. The fourth-order valence-electron chi connectivity index (χ4n) is 1.92. The van der Waals surface area contributed by atoms with Gasteiger partial charge in [0.05, 0.1) is 7.11 Å². The SMILES string of the molecule is C=CC.COC(=O)N1C=C(C(=O)Nc2ccccc2)CCC1. The van der Waals surface area contributed by atoms with Crippen molar-refractivity contribution in [2.45, 2.75) is 19.8 Å². The Bertz CT molecular complexity index is 538. The minimum absolute atomic E-state index is 0.181. The highest BCUT2D eigenvalue weighted by Crippen LogP contribution is 2.17. The molecule has 1 heterocycles.